The third kappa shape index (κ3) is 4.37. The maximum Gasteiger partial charge on any atom is 0.218 e. The SMILES string of the molecule is CCN(C)C=Nc1cc(C)c(Oc2snc(C(C)C)c2C#N)cc1C. The molecule has 0 N–H and O–H groups in total. The molecular weight excluding hydrogens is 332 g/mol. The predicted molar refractivity (Wildman–Crippen MR) is 103 cm³/mol. The molecule has 1 heterocycles. The largest absolute Gasteiger partial charge is 0.443 e. The molecule has 0 amide bonds. The number of benzene rings is 1. The Kier molecular flexibility index (Phi) is 6.16. The molecule has 5 nitrogen and oxygen atoms in total. The number of nitrogens with zero attached hydrogens (tertiary/aromatic N) is 4. The highest BCUT2D eigenvalue weighted by molar-refractivity contribution is 7.08. The molecule has 0 spiro atoms. The normalized spacial score (nSPS) is 11.1. The van der Waals surface area contributed by atoms with Crippen LogP contribution in [-0.4, -0.2) is 29.2 Å². The van der Waals surface area contributed by atoms with Crippen LogP contribution in [0, 0.1) is 25.2 Å². The first kappa shape index (κ1) is 18.9. The van der Waals surface area contributed by atoms with Gasteiger partial charge in [0, 0.05) is 25.1 Å². The van der Waals surface area contributed by atoms with Crippen LogP contribution in [0.3, 0.4) is 0 Å². The molecule has 0 unspecified atom stereocenters. The Labute approximate surface area is 153 Å². The minimum Gasteiger partial charge on any atom is -0.443 e. The van der Waals surface area contributed by atoms with E-state index in [0.29, 0.717) is 10.6 Å². The maximum atomic E-state index is 9.44. The topological polar surface area (TPSA) is 61.5 Å². The molecule has 0 bridgehead atoms. The molecule has 0 radical (unpaired) electrons. The van der Waals surface area contributed by atoms with Crippen molar-refractivity contribution in [1.29, 1.82) is 5.26 Å². The lowest BCUT2D eigenvalue weighted by atomic mass is 10.1. The smallest absolute Gasteiger partial charge is 0.218 e. The van der Waals surface area contributed by atoms with E-state index in [1.165, 1.54) is 11.5 Å². The van der Waals surface area contributed by atoms with E-state index in [-0.39, 0.29) is 5.92 Å². The summed E-state index contributed by atoms with van der Waals surface area (Å²) in [6.07, 6.45) is 1.83. The fraction of sp³-hybridized carbons (Fsp3) is 0.421. The first-order chi connectivity index (χ1) is 11.9. The highest BCUT2D eigenvalue weighted by atomic mass is 32.1. The summed E-state index contributed by atoms with van der Waals surface area (Å²) < 4.78 is 10.4. The minimum atomic E-state index is 0.193. The van der Waals surface area contributed by atoms with Crippen molar-refractivity contribution >= 4 is 23.6 Å². The maximum absolute atomic E-state index is 9.44. The summed E-state index contributed by atoms with van der Waals surface area (Å²) >= 11 is 1.23. The van der Waals surface area contributed by atoms with Gasteiger partial charge in [-0.15, -0.1) is 0 Å². The molecule has 25 heavy (non-hydrogen) atoms. The second-order valence-electron chi connectivity index (χ2n) is 6.32. The summed E-state index contributed by atoms with van der Waals surface area (Å²) in [4.78, 5) is 6.55. The Balaban J connectivity index is 2.32. The van der Waals surface area contributed by atoms with Gasteiger partial charge in [-0.3, -0.25) is 0 Å². The highest BCUT2D eigenvalue weighted by Crippen LogP contribution is 2.37. The number of hydrogen-bond acceptors (Lipinski definition) is 5. The summed E-state index contributed by atoms with van der Waals surface area (Å²) in [5, 5.41) is 9.99. The van der Waals surface area contributed by atoms with E-state index in [2.05, 4.69) is 22.4 Å². The average Bonchev–Trinajstić information content (AvgIpc) is 2.99. The lowest BCUT2D eigenvalue weighted by molar-refractivity contribution is 0.490. The van der Waals surface area contributed by atoms with Crippen LogP contribution in [-0.2, 0) is 0 Å². The fourth-order valence-corrected chi connectivity index (χ4v) is 3.07. The summed E-state index contributed by atoms with van der Waals surface area (Å²) in [7, 11) is 1.99. The van der Waals surface area contributed by atoms with E-state index in [4.69, 9.17) is 4.74 Å². The highest BCUT2D eigenvalue weighted by Gasteiger charge is 2.19. The average molecular weight is 356 g/mol. The summed E-state index contributed by atoms with van der Waals surface area (Å²) in [5.41, 5.74) is 4.23. The lowest BCUT2D eigenvalue weighted by Gasteiger charge is -2.12. The number of hydrogen-bond donors (Lipinski definition) is 0. The van der Waals surface area contributed by atoms with Crippen LogP contribution < -0.4 is 4.74 Å². The van der Waals surface area contributed by atoms with Crippen molar-refractivity contribution in [3.05, 3.63) is 34.5 Å². The number of aromatic nitrogens is 1. The standard InChI is InChI=1S/C19H24N4OS/c1-7-23(6)11-21-16-8-14(5)17(9-13(16)4)24-19-15(10-20)18(12(2)3)22-25-19/h8-9,11-12H,7H2,1-6H3. The zero-order valence-electron chi connectivity index (χ0n) is 15.6. The Hall–Kier alpha value is -2.39. The van der Waals surface area contributed by atoms with Gasteiger partial charge in [0.05, 0.1) is 17.7 Å². The quantitative estimate of drug-likeness (QED) is 0.530. The number of nitriles is 1. The minimum absolute atomic E-state index is 0.193. The summed E-state index contributed by atoms with van der Waals surface area (Å²) in [6.45, 7) is 11.0. The number of ether oxygens (including phenoxy) is 1. The third-order valence-electron chi connectivity index (χ3n) is 3.93. The molecule has 6 heteroatoms. The van der Waals surface area contributed by atoms with Gasteiger partial charge in [0.25, 0.3) is 0 Å². The molecule has 1 aromatic heterocycles. The van der Waals surface area contributed by atoms with Gasteiger partial charge in [-0.1, -0.05) is 13.8 Å². The van der Waals surface area contributed by atoms with Crippen LogP contribution in [0.4, 0.5) is 5.69 Å². The van der Waals surface area contributed by atoms with Gasteiger partial charge in [-0.05, 0) is 49.9 Å². The van der Waals surface area contributed by atoms with Crippen molar-refractivity contribution in [2.45, 2.75) is 40.5 Å². The molecule has 0 aliphatic carbocycles. The number of aliphatic imine (C=N–C) groups is 1. The van der Waals surface area contributed by atoms with E-state index in [1.54, 1.807) is 0 Å². The first-order valence-electron chi connectivity index (χ1n) is 8.30. The van der Waals surface area contributed by atoms with Crippen LogP contribution >= 0.6 is 11.5 Å². The third-order valence-corrected chi connectivity index (χ3v) is 4.68. The molecule has 1 aromatic carbocycles. The molecule has 0 aliphatic rings. The van der Waals surface area contributed by atoms with E-state index >= 15 is 0 Å². The Morgan fingerprint density at radius 3 is 2.68 bits per heavy atom. The molecule has 0 saturated carbocycles. The van der Waals surface area contributed by atoms with Gasteiger partial charge in [-0.2, -0.15) is 9.64 Å². The van der Waals surface area contributed by atoms with Crippen molar-refractivity contribution in [3.8, 4) is 16.9 Å². The second kappa shape index (κ2) is 8.13. The van der Waals surface area contributed by atoms with Crippen molar-refractivity contribution in [3.63, 3.8) is 0 Å². The second-order valence-corrected chi connectivity index (χ2v) is 7.06. The zero-order valence-corrected chi connectivity index (χ0v) is 16.4. The van der Waals surface area contributed by atoms with E-state index in [1.807, 2.05) is 58.1 Å². The summed E-state index contributed by atoms with van der Waals surface area (Å²) in [5.74, 6) is 0.925. The van der Waals surface area contributed by atoms with Gasteiger partial charge in [0.2, 0.25) is 5.06 Å². The van der Waals surface area contributed by atoms with Gasteiger partial charge >= 0.3 is 0 Å². The molecular formula is C19H24N4OS. The molecule has 2 aromatic rings. The van der Waals surface area contributed by atoms with Crippen molar-refractivity contribution in [1.82, 2.24) is 9.27 Å². The van der Waals surface area contributed by atoms with E-state index < -0.39 is 0 Å². The van der Waals surface area contributed by atoms with Crippen LogP contribution in [0.25, 0.3) is 0 Å². The predicted octanol–water partition coefficient (Wildman–Crippen LogP) is 5.16. The fourth-order valence-electron chi connectivity index (χ4n) is 2.22. The van der Waals surface area contributed by atoms with Crippen molar-refractivity contribution < 1.29 is 4.74 Å². The molecule has 132 valence electrons. The Morgan fingerprint density at radius 1 is 1.36 bits per heavy atom. The zero-order chi connectivity index (χ0) is 18.6. The number of aryl methyl sites for hydroxylation is 2. The van der Waals surface area contributed by atoms with Gasteiger partial charge in [0.15, 0.2) is 0 Å². The van der Waals surface area contributed by atoms with Crippen LogP contribution in [0.15, 0.2) is 17.1 Å². The lowest BCUT2D eigenvalue weighted by Crippen LogP contribution is -2.14. The molecule has 0 saturated heterocycles. The monoisotopic (exact) mass is 356 g/mol. The van der Waals surface area contributed by atoms with Crippen LogP contribution in [0.5, 0.6) is 10.8 Å². The van der Waals surface area contributed by atoms with E-state index in [0.717, 1.165) is 34.8 Å². The molecule has 2 rings (SSSR count). The van der Waals surface area contributed by atoms with Crippen molar-refractivity contribution in [2.24, 2.45) is 4.99 Å². The van der Waals surface area contributed by atoms with Gasteiger partial charge < -0.3 is 9.64 Å². The van der Waals surface area contributed by atoms with Crippen LogP contribution in [0.2, 0.25) is 0 Å². The molecule has 0 atom stereocenters. The Morgan fingerprint density at radius 2 is 2.08 bits per heavy atom. The van der Waals surface area contributed by atoms with Crippen molar-refractivity contribution in [2.75, 3.05) is 13.6 Å². The van der Waals surface area contributed by atoms with E-state index in [9.17, 15) is 5.26 Å². The molecule has 0 aliphatic heterocycles. The Bertz CT molecular complexity index is 818. The van der Waals surface area contributed by atoms with Gasteiger partial charge in [-0.25, -0.2) is 4.99 Å². The number of rotatable bonds is 6. The summed E-state index contributed by atoms with van der Waals surface area (Å²) in [6, 6.07) is 6.19. The first-order valence-corrected chi connectivity index (χ1v) is 9.07. The molecule has 0 fully saturated rings. The van der Waals surface area contributed by atoms with Crippen LogP contribution in [0.1, 0.15) is 49.1 Å². The van der Waals surface area contributed by atoms with Gasteiger partial charge in [0.1, 0.15) is 17.4 Å².